The van der Waals surface area contributed by atoms with Crippen LogP contribution < -0.4 is 0 Å². The molecule has 7 heteroatoms. The number of nitrogens with zero attached hydrogens (tertiary/aromatic N) is 4. The second-order valence-corrected chi connectivity index (χ2v) is 6.74. The first kappa shape index (κ1) is 14.1. The summed E-state index contributed by atoms with van der Waals surface area (Å²) >= 11 is 0. The summed E-state index contributed by atoms with van der Waals surface area (Å²) in [5.74, 6) is 1.82. The Morgan fingerprint density at radius 2 is 2.36 bits per heavy atom. The molecule has 7 nitrogen and oxygen atoms in total. The topological polar surface area (TPSA) is 69.5 Å². The highest BCUT2D eigenvalue weighted by molar-refractivity contribution is 5.91. The van der Waals surface area contributed by atoms with Crippen LogP contribution in [0.3, 0.4) is 0 Å². The van der Waals surface area contributed by atoms with Crippen molar-refractivity contribution in [3.63, 3.8) is 0 Å². The van der Waals surface area contributed by atoms with Gasteiger partial charge in [-0.2, -0.15) is 0 Å². The second-order valence-electron chi connectivity index (χ2n) is 6.74. The first-order valence-electron chi connectivity index (χ1n) is 8.01. The van der Waals surface area contributed by atoms with Crippen molar-refractivity contribution in [3.05, 3.63) is 11.6 Å². The standard InChI is InChI=1S/C15H22N4O3/c1-21-9-15-8-18(6-11(15)7-22-10-15)14(20)13-17-16-12-4-2-3-5-19(12)13/h11H,2-10H2,1H3/t11-,15-/m0/s1. The van der Waals surface area contributed by atoms with Crippen molar-refractivity contribution in [1.82, 2.24) is 19.7 Å². The monoisotopic (exact) mass is 306 g/mol. The lowest BCUT2D eigenvalue weighted by Crippen LogP contribution is -2.37. The first-order valence-corrected chi connectivity index (χ1v) is 8.01. The van der Waals surface area contributed by atoms with E-state index in [0.29, 0.717) is 38.1 Å². The molecule has 0 aromatic carbocycles. The number of fused-ring (bicyclic) bond motifs is 2. The number of rotatable bonds is 3. The Labute approximate surface area is 129 Å². The Morgan fingerprint density at radius 3 is 3.23 bits per heavy atom. The highest BCUT2D eigenvalue weighted by Gasteiger charge is 2.52. The molecule has 0 N–H and O–H groups in total. The van der Waals surface area contributed by atoms with Crippen molar-refractivity contribution in [3.8, 4) is 0 Å². The Morgan fingerprint density at radius 1 is 1.45 bits per heavy atom. The van der Waals surface area contributed by atoms with Gasteiger partial charge in [-0.1, -0.05) is 0 Å². The van der Waals surface area contributed by atoms with E-state index >= 15 is 0 Å². The minimum absolute atomic E-state index is 0.00512. The molecule has 1 aromatic rings. The summed E-state index contributed by atoms with van der Waals surface area (Å²) in [6, 6.07) is 0. The summed E-state index contributed by atoms with van der Waals surface area (Å²) in [6.45, 7) is 4.29. The largest absolute Gasteiger partial charge is 0.384 e. The van der Waals surface area contributed by atoms with Crippen molar-refractivity contribution in [2.45, 2.75) is 25.8 Å². The SMILES string of the molecule is COC[C@@]12COC[C@@H]1CN(C(=O)c1nnc3n1CCCC3)C2. The van der Waals surface area contributed by atoms with Gasteiger partial charge in [-0.15, -0.1) is 10.2 Å². The molecule has 2 saturated heterocycles. The van der Waals surface area contributed by atoms with Crippen molar-refractivity contribution >= 4 is 5.91 Å². The Hall–Kier alpha value is -1.47. The lowest BCUT2D eigenvalue weighted by Gasteiger charge is -2.26. The molecule has 4 rings (SSSR count). The molecule has 120 valence electrons. The number of hydrogen-bond acceptors (Lipinski definition) is 5. The van der Waals surface area contributed by atoms with Crippen LogP contribution >= 0.6 is 0 Å². The molecule has 1 aromatic heterocycles. The number of hydrogen-bond donors (Lipinski definition) is 0. The van der Waals surface area contributed by atoms with Gasteiger partial charge < -0.3 is 18.9 Å². The fraction of sp³-hybridized carbons (Fsp3) is 0.800. The zero-order valence-corrected chi connectivity index (χ0v) is 13.0. The van der Waals surface area contributed by atoms with Crippen molar-refractivity contribution in [1.29, 1.82) is 0 Å². The number of ether oxygens (including phenoxy) is 2. The number of carbonyl (C=O) groups excluding carboxylic acids is 1. The van der Waals surface area contributed by atoms with Crippen molar-refractivity contribution < 1.29 is 14.3 Å². The van der Waals surface area contributed by atoms with E-state index in [2.05, 4.69) is 10.2 Å². The number of methoxy groups -OCH3 is 1. The van der Waals surface area contributed by atoms with Gasteiger partial charge in [-0.3, -0.25) is 4.79 Å². The zero-order chi connectivity index (χ0) is 15.2. The van der Waals surface area contributed by atoms with Gasteiger partial charge in [-0.05, 0) is 12.8 Å². The molecule has 3 aliphatic rings. The third-order valence-electron chi connectivity index (χ3n) is 5.29. The molecule has 3 aliphatic heterocycles. The van der Waals surface area contributed by atoms with E-state index in [-0.39, 0.29) is 11.3 Å². The van der Waals surface area contributed by atoms with E-state index in [0.717, 1.165) is 38.2 Å². The van der Waals surface area contributed by atoms with Gasteiger partial charge in [0.05, 0.1) is 19.8 Å². The summed E-state index contributed by atoms with van der Waals surface area (Å²) in [5, 5.41) is 8.36. The number of aryl methyl sites for hydroxylation is 1. The summed E-state index contributed by atoms with van der Waals surface area (Å²) in [4.78, 5) is 14.8. The molecule has 4 heterocycles. The maximum absolute atomic E-state index is 12.9. The van der Waals surface area contributed by atoms with Gasteiger partial charge in [-0.25, -0.2) is 0 Å². The van der Waals surface area contributed by atoms with Crippen LogP contribution in [-0.2, 0) is 22.4 Å². The fourth-order valence-corrected chi connectivity index (χ4v) is 4.09. The van der Waals surface area contributed by atoms with Gasteiger partial charge >= 0.3 is 0 Å². The number of amides is 1. The summed E-state index contributed by atoms with van der Waals surface area (Å²) in [5.41, 5.74) is -0.0465. The predicted octanol–water partition coefficient (Wildman–Crippen LogP) is 0.349. The van der Waals surface area contributed by atoms with E-state index in [1.807, 2.05) is 9.47 Å². The normalized spacial score (nSPS) is 30.4. The molecule has 0 spiro atoms. The van der Waals surface area contributed by atoms with Crippen LogP contribution in [0.25, 0.3) is 0 Å². The molecule has 2 atom stereocenters. The summed E-state index contributed by atoms with van der Waals surface area (Å²) in [6.07, 6.45) is 3.14. The average Bonchev–Trinajstić information content (AvgIpc) is 3.18. The molecule has 0 aliphatic carbocycles. The van der Waals surface area contributed by atoms with Crippen LogP contribution in [0.4, 0.5) is 0 Å². The Kier molecular flexibility index (Phi) is 3.41. The molecular weight excluding hydrogens is 284 g/mol. The highest BCUT2D eigenvalue weighted by atomic mass is 16.5. The third-order valence-corrected chi connectivity index (χ3v) is 5.29. The number of likely N-dealkylation sites (tertiary alicyclic amines) is 1. The first-order chi connectivity index (χ1) is 10.7. The van der Waals surface area contributed by atoms with Crippen LogP contribution in [-0.4, -0.2) is 65.6 Å². The summed E-state index contributed by atoms with van der Waals surface area (Å²) in [7, 11) is 1.71. The number of aromatic nitrogens is 3. The van der Waals surface area contributed by atoms with Gasteiger partial charge in [0.1, 0.15) is 5.82 Å². The predicted molar refractivity (Wildman–Crippen MR) is 77.5 cm³/mol. The van der Waals surface area contributed by atoms with Gasteiger partial charge in [0.2, 0.25) is 5.82 Å². The fourth-order valence-electron chi connectivity index (χ4n) is 4.09. The minimum Gasteiger partial charge on any atom is -0.384 e. The van der Waals surface area contributed by atoms with E-state index < -0.39 is 0 Å². The van der Waals surface area contributed by atoms with E-state index in [1.54, 1.807) is 7.11 Å². The highest BCUT2D eigenvalue weighted by Crippen LogP contribution is 2.41. The summed E-state index contributed by atoms with van der Waals surface area (Å²) < 4.78 is 13.0. The smallest absolute Gasteiger partial charge is 0.291 e. The van der Waals surface area contributed by atoms with Crippen molar-refractivity contribution in [2.75, 3.05) is 40.0 Å². The molecule has 0 bridgehead atoms. The molecule has 2 fully saturated rings. The maximum atomic E-state index is 12.9. The second kappa shape index (κ2) is 5.31. The van der Waals surface area contributed by atoms with Gasteiger partial charge in [0.25, 0.3) is 5.91 Å². The molecule has 0 unspecified atom stereocenters. The van der Waals surface area contributed by atoms with Crippen molar-refractivity contribution in [2.24, 2.45) is 11.3 Å². The lowest BCUT2D eigenvalue weighted by atomic mass is 9.82. The van der Waals surface area contributed by atoms with Gasteiger partial charge in [0, 0.05) is 44.5 Å². The van der Waals surface area contributed by atoms with Crippen LogP contribution in [0.2, 0.25) is 0 Å². The quantitative estimate of drug-likeness (QED) is 0.806. The molecule has 1 amide bonds. The Bertz CT molecular complexity index is 587. The van der Waals surface area contributed by atoms with E-state index in [9.17, 15) is 4.79 Å². The molecule has 0 saturated carbocycles. The molecular formula is C15H22N4O3. The van der Waals surface area contributed by atoms with Crippen LogP contribution in [0.5, 0.6) is 0 Å². The maximum Gasteiger partial charge on any atom is 0.291 e. The minimum atomic E-state index is -0.0465. The van der Waals surface area contributed by atoms with Gasteiger partial charge in [0.15, 0.2) is 0 Å². The lowest BCUT2D eigenvalue weighted by molar-refractivity contribution is 0.0482. The number of carbonyl (C=O) groups is 1. The van der Waals surface area contributed by atoms with Crippen LogP contribution in [0, 0.1) is 11.3 Å². The van der Waals surface area contributed by atoms with E-state index in [1.165, 1.54) is 0 Å². The van der Waals surface area contributed by atoms with Crippen LogP contribution in [0.1, 0.15) is 29.3 Å². The Balaban J connectivity index is 1.56. The molecule has 0 radical (unpaired) electrons. The average molecular weight is 306 g/mol. The molecule has 22 heavy (non-hydrogen) atoms. The third kappa shape index (κ3) is 2.06. The van der Waals surface area contributed by atoms with E-state index in [4.69, 9.17) is 9.47 Å². The van der Waals surface area contributed by atoms with Crippen LogP contribution in [0.15, 0.2) is 0 Å². The zero-order valence-electron chi connectivity index (χ0n) is 13.0.